The first-order valence-electron chi connectivity index (χ1n) is 13.4. The molecule has 0 fully saturated rings. The summed E-state index contributed by atoms with van der Waals surface area (Å²) in [6.45, 7) is 17.7. The first-order chi connectivity index (χ1) is 18.2. The number of hydrogen-bond acceptors (Lipinski definition) is 1. The number of fused-ring (bicyclic) bond motifs is 1. The van der Waals surface area contributed by atoms with Gasteiger partial charge in [0, 0.05) is 26.0 Å². The van der Waals surface area contributed by atoms with Gasteiger partial charge in [0.1, 0.15) is 5.82 Å². The van der Waals surface area contributed by atoms with Crippen molar-refractivity contribution in [3.05, 3.63) is 110 Å². The van der Waals surface area contributed by atoms with Crippen LogP contribution in [0, 0.1) is 25.1 Å². The van der Waals surface area contributed by atoms with Crippen molar-refractivity contribution in [2.45, 2.75) is 66.2 Å². The molecule has 0 aliphatic heterocycles. The van der Waals surface area contributed by atoms with Gasteiger partial charge in [0.25, 0.3) is 0 Å². The molecule has 4 aromatic rings. The van der Waals surface area contributed by atoms with Crippen LogP contribution < -0.4 is 4.90 Å². The molecule has 1 nitrogen and oxygen atoms in total. The van der Waals surface area contributed by atoms with E-state index in [1.165, 1.54) is 11.1 Å². The molecule has 0 aromatic heterocycles. The molecule has 4 aromatic carbocycles. The summed E-state index contributed by atoms with van der Waals surface area (Å²) in [5, 5.41) is 0. The van der Waals surface area contributed by atoms with Crippen LogP contribution in [0.15, 0.2) is 81.7 Å². The summed E-state index contributed by atoms with van der Waals surface area (Å²) in [6, 6.07) is 25.2. The number of aryl methyl sites for hydroxylation is 2. The molecule has 1 aliphatic carbocycles. The molecule has 0 radical (unpaired) electrons. The predicted octanol–water partition coefficient (Wildman–Crippen LogP) is 11.7. The minimum absolute atomic E-state index is 0.0861. The van der Waals surface area contributed by atoms with E-state index in [0.29, 0.717) is 0 Å². The number of hydrogen-bond donors (Lipinski definition) is 0. The van der Waals surface area contributed by atoms with E-state index in [1.54, 1.807) is 6.07 Å². The summed E-state index contributed by atoms with van der Waals surface area (Å²) < 4.78 is 17.9. The molecule has 0 saturated heterocycles. The largest absolute Gasteiger partial charge is 0.310 e. The Morgan fingerprint density at radius 3 is 1.62 bits per heavy atom. The molecule has 0 amide bonds. The number of halogens is 3. The second-order valence-corrected chi connectivity index (χ2v) is 14.3. The Kier molecular flexibility index (Phi) is 6.91. The van der Waals surface area contributed by atoms with E-state index in [-0.39, 0.29) is 22.1 Å². The number of rotatable bonds is 4. The summed E-state index contributed by atoms with van der Waals surface area (Å²) in [5.74, 6) is -0.104. The fourth-order valence-corrected chi connectivity index (χ4v) is 7.23. The van der Waals surface area contributed by atoms with Crippen molar-refractivity contribution < 1.29 is 4.39 Å². The first kappa shape index (κ1) is 28.1. The molecule has 0 atom stereocenters. The van der Waals surface area contributed by atoms with Gasteiger partial charge >= 0.3 is 0 Å². The van der Waals surface area contributed by atoms with E-state index in [1.807, 2.05) is 0 Å². The van der Waals surface area contributed by atoms with Crippen molar-refractivity contribution in [2.75, 3.05) is 4.90 Å². The van der Waals surface area contributed by atoms with Crippen LogP contribution in [0.5, 0.6) is 0 Å². The van der Waals surface area contributed by atoms with E-state index >= 15 is 4.39 Å². The van der Waals surface area contributed by atoms with Gasteiger partial charge in [-0.3, -0.25) is 0 Å². The molecule has 202 valence electrons. The Morgan fingerprint density at radius 1 is 0.615 bits per heavy atom. The van der Waals surface area contributed by atoms with Crippen LogP contribution in [0.25, 0.3) is 11.1 Å². The molecular weight excluding hydrogens is 613 g/mol. The van der Waals surface area contributed by atoms with Crippen LogP contribution >= 0.6 is 31.9 Å². The number of anilines is 3. The molecule has 0 spiro atoms. The lowest BCUT2D eigenvalue weighted by Crippen LogP contribution is -2.42. The van der Waals surface area contributed by atoms with Gasteiger partial charge in [0.15, 0.2) is 0 Å². The Bertz CT molecular complexity index is 1530. The Hall–Kier alpha value is -2.43. The van der Waals surface area contributed by atoms with Crippen LogP contribution in [-0.4, -0.2) is 0 Å². The summed E-state index contributed by atoms with van der Waals surface area (Å²) in [6.07, 6.45) is 0. The van der Waals surface area contributed by atoms with Crippen LogP contribution in [0.3, 0.4) is 0 Å². The first-order valence-corrected chi connectivity index (χ1v) is 15.0. The second-order valence-electron chi connectivity index (χ2n) is 12.5. The maximum absolute atomic E-state index is 15.8. The Morgan fingerprint density at radius 2 is 1.13 bits per heavy atom. The molecule has 0 heterocycles. The van der Waals surface area contributed by atoms with Gasteiger partial charge < -0.3 is 4.90 Å². The number of benzene rings is 4. The van der Waals surface area contributed by atoms with E-state index in [2.05, 4.69) is 159 Å². The van der Waals surface area contributed by atoms with Crippen molar-refractivity contribution in [3.63, 3.8) is 0 Å². The minimum atomic E-state index is -0.260. The highest BCUT2D eigenvalue weighted by atomic mass is 79.9. The fourth-order valence-electron chi connectivity index (χ4n) is 6.28. The fraction of sp³-hybridized carbons (Fsp3) is 0.314. The van der Waals surface area contributed by atoms with Crippen LogP contribution in [0.1, 0.15) is 63.8 Å². The molecular formula is C35H36Br2FN. The molecule has 0 bridgehead atoms. The van der Waals surface area contributed by atoms with E-state index in [0.717, 1.165) is 48.3 Å². The van der Waals surface area contributed by atoms with Gasteiger partial charge in [0.05, 0.1) is 0 Å². The highest BCUT2D eigenvalue weighted by molar-refractivity contribution is 9.10. The zero-order valence-corrected chi connectivity index (χ0v) is 27.2. The molecule has 0 unspecified atom stereocenters. The summed E-state index contributed by atoms with van der Waals surface area (Å²) in [5.41, 5.74) is 9.04. The van der Waals surface area contributed by atoms with Gasteiger partial charge in [-0.2, -0.15) is 0 Å². The monoisotopic (exact) mass is 647 g/mol. The normalized spacial score (nSPS) is 16.7. The maximum Gasteiger partial charge on any atom is 0.127 e. The third-order valence-electron chi connectivity index (χ3n) is 9.77. The maximum atomic E-state index is 15.8. The second kappa shape index (κ2) is 9.59. The van der Waals surface area contributed by atoms with Gasteiger partial charge in [-0.15, -0.1) is 0 Å². The van der Waals surface area contributed by atoms with E-state index in [4.69, 9.17) is 0 Å². The molecule has 1 aliphatic rings. The van der Waals surface area contributed by atoms with Gasteiger partial charge in [-0.1, -0.05) is 91.6 Å². The minimum Gasteiger partial charge on any atom is -0.310 e. The zero-order chi connectivity index (χ0) is 28.5. The lowest BCUT2D eigenvalue weighted by Gasteiger charge is -2.44. The van der Waals surface area contributed by atoms with Crippen molar-refractivity contribution in [1.29, 1.82) is 0 Å². The van der Waals surface area contributed by atoms with Crippen molar-refractivity contribution in [1.82, 2.24) is 0 Å². The third-order valence-corrected chi connectivity index (χ3v) is 10.8. The summed E-state index contributed by atoms with van der Waals surface area (Å²) in [4.78, 5) is 2.30. The van der Waals surface area contributed by atoms with Crippen LogP contribution in [0.2, 0.25) is 0 Å². The topological polar surface area (TPSA) is 3.24 Å². The number of nitrogens with zero attached hydrogens (tertiary/aromatic N) is 1. The standard InChI is InChI=1S/C35H36Br2FN/c1-21-17-25(36)11-15-30(21)39(31-16-12-26(37)18-22(31)2)27-13-9-23(10-14-27)24-19-28-32(29(38)20-24)34(5,6)35(7,8)33(28,3)4/h9-20H,1-8H3. The quantitative estimate of drug-likeness (QED) is 0.213. The van der Waals surface area contributed by atoms with Crippen molar-refractivity contribution >= 4 is 48.9 Å². The van der Waals surface area contributed by atoms with E-state index < -0.39 is 0 Å². The third kappa shape index (κ3) is 4.39. The predicted molar refractivity (Wildman–Crippen MR) is 171 cm³/mol. The smallest absolute Gasteiger partial charge is 0.127 e. The molecule has 39 heavy (non-hydrogen) atoms. The molecule has 0 N–H and O–H groups in total. The highest BCUT2D eigenvalue weighted by Crippen LogP contribution is 2.62. The molecule has 0 saturated carbocycles. The zero-order valence-electron chi connectivity index (χ0n) is 24.0. The van der Waals surface area contributed by atoms with Crippen LogP contribution in [0.4, 0.5) is 21.5 Å². The van der Waals surface area contributed by atoms with Gasteiger partial charge in [-0.05, 0) is 118 Å². The van der Waals surface area contributed by atoms with Gasteiger partial charge in [0.2, 0.25) is 0 Å². The lowest BCUT2D eigenvalue weighted by molar-refractivity contribution is 0.123. The van der Waals surface area contributed by atoms with Crippen LogP contribution in [-0.2, 0) is 10.8 Å². The average molecular weight is 649 g/mol. The van der Waals surface area contributed by atoms with Crippen molar-refractivity contribution in [2.24, 2.45) is 5.41 Å². The lowest BCUT2D eigenvalue weighted by atomic mass is 9.59. The van der Waals surface area contributed by atoms with Crippen molar-refractivity contribution in [3.8, 4) is 11.1 Å². The summed E-state index contributed by atoms with van der Waals surface area (Å²) >= 11 is 7.22. The Labute approximate surface area is 249 Å². The SMILES string of the molecule is Cc1cc(Br)ccc1N(c1ccc(-c2cc(F)c3c(c2)C(C)(C)C(C)(C)C3(C)C)cc1)c1ccc(Br)cc1C. The average Bonchev–Trinajstić information content (AvgIpc) is 2.96. The van der Waals surface area contributed by atoms with E-state index in [9.17, 15) is 0 Å². The van der Waals surface area contributed by atoms with Gasteiger partial charge in [-0.25, -0.2) is 4.39 Å². The molecule has 4 heteroatoms. The Balaban J connectivity index is 1.62. The molecule has 5 rings (SSSR count). The summed E-state index contributed by atoms with van der Waals surface area (Å²) in [7, 11) is 0. The highest BCUT2D eigenvalue weighted by Gasteiger charge is 2.58.